The van der Waals surface area contributed by atoms with Crippen LogP contribution in [0.15, 0.2) is 0 Å². The van der Waals surface area contributed by atoms with Gasteiger partial charge in [-0.15, -0.1) is 0 Å². The number of hydrogen-bond donors (Lipinski definition) is 4. The Bertz CT molecular complexity index is 895. The van der Waals surface area contributed by atoms with E-state index < -0.39 is 15.6 Å². The predicted molar refractivity (Wildman–Crippen MR) is 130 cm³/mol. The molecule has 1 aliphatic rings. The maximum absolute atomic E-state index is 13.2. The second-order valence-electron chi connectivity index (χ2n) is 9.39. The van der Waals surface area contributed by atoms with Crippen LogP contribution in [0.3, 0.4) is 0 Å². The minimum absolute atomic E-state index is 0.0443. The molecule has 0 saturated carbocycles. The van der Waals surface area contributed by atoms with Crippen LogP contribution in [-0.4, -0.2) is 20.9 Å². The van der Waals surface area contributed by atoms with E-state index in [0.717, 1.165) is 49.0 Å². The number of unbranched alkanes of at least 4 members (excludes halogenated alkanes) is 6. The monoisotopic (exact) mass is 452 g/mol. The summed E-state index contributed by atoms with van der Waals surface area (Å²) in [5.74, 6) is -0.0443. The van der Waals surface area contributed by atoms with Crippen LogP contribution in [0.2, 0.25) is 0 Å². The fourth-order valence-electron chi connectivity index (χ4n) is 4.28. The van der Waals surface area contributed by atoms with Crippen molar-refractivity contribution in [2.45, 2.75) is 92.4 Å². The Labute approximate surface area is 188 Å². The van der Waals surface area contributed by atoms with Gasteiger partial charge in [-0.25, -0.2) is 5.14 Å². The van der Waals surface area contributed by atoms with Gasteiger partial charge in [0, 0.05) is 17.6 Å². The van der Waals surface area contributed by atoms with Crippen molar-refractivity contribution in [1.82, 2.24) is 0 Å². The Morgan fingerprint density at radius 1 is 1.03 bits per heavy atom. The van der Waals surface area contributed by atoms with Crippen molar-refractivity contribution in [2.75, 3.05) is 21.9 Å². The average molecular weight is 453 g/mol. The van der Waals surface area contributed by atoms with Gasteiger partial charge in [-0.05, 0) is 43.4 Å². The number of fused-ring (bicyclic) bond motifs is 1. The minimum Gasteiger partial charge on any atom is -0.383 e. The van der Waals surface area contributed by atoms with E-state index in [1.54, 1.807) is 6.92 Å². The Morgan fingerprint density at radius 2 is 1.65 bits per heavy atom. The molecule has 1 aliphatic heterocycles. The fourth-order valence-corrected chi connectivity index (χ4v) is 4.82. The van der Waals surface area contributed by atoms with Crippen molar-refractivity contribution in [3.8, 4) is 0 Å². The number of carbonyl (C=O) groups excluding carboxylic acids is 1. The van der Waals surface area contributed by atoms with Crippen molar-refractivity contribution in [1.29, 1.82) is 0 Å². The Hall–Kier alpha value is -1.80. The summed E-state index contributed by atoms with van der Waals surface area (Å²) in [5.41, 5.74) is 3.98. The van der Waals surface area contributed by atoms with E-state index in [-0.39, 0.29) is 5.91 Å². The molecule has 1 amide bonds. The summed E-state index contributed by atoms with van der Waals surface area (Å²) in [4.78, 5) is 13.2. The van der Waals surface area contributed by atoms with E-state index >= 15 is 0 Å². The number of carbonyl (C=O) groups is 1. The Kier molecular flexibility index (Phi) is 8.77. The number of rotatable bonds is 12. The molecule has 1 aromatic carbocycles. The zero-order valence-corrected chi connectivity index (χ0v) is 20.6. The number of benzene rings is 1. The van der Waals surface area contributed by atoms with Crippen LogP contribution in [0.4, 0.5) is 17.1 Å². The molecule has 0 fully saturated rings. The van der Waals surface area contributed by atoms with E-state index in [0.29, 0.717) is 16.9 Å². The van der Waals surface area contributed by atoms with Gasteiger partial charge in [0.05, 0.1) is 11.4 Å². The van der Waals surface area contributed by atoms with Gasteiger partial charge in [-0.3, -0.25) is 9.52 Å². The molecule has 0 unspecified atom stereocenters. The van der Waals surface area contributed by atoms with E-state index in [1.807, 2.05) is 20.8 Å². The molecule has 0 atom stereocenters. The lowest BCUT2D eigenvalue weighted by Crippen LogP contribution is -2.31. The van der Waals surface area contributed by atoms with Gasteiger partial charge in [-0.2, -0.15) is 8.42 Å². The normalized spacial score (nSPS) is 13.6. The van der Waals surface area contributed by atoms with Crippen molar-refractivity contribution >= 4 is 33.2 Å². The van der Waals surface area contributed by atoms with Crippen molar-refractivity contribution in [3.05, 3.63) is 16.7 Å². The average Bonchev–Trinajstić information content (AvgIpc) is 3.17. The summed E-state index contributed by atoms with van der Waals surface area (Å²) in [7, 11) is -3.93. The maximum Gasteiger partial charge on any atom is 0.296 e. The summed E-state index contributed by atoms with van der Waals surface area (Å²) in [6.07, 6.45) is 10.1. The standard InChI is InChI=1S/C23H40N4O3S/c1-6-7-8-9-10-11-12-14-23(4,5)22(28)26-19-16(2)18-13-15-25-21(18)20(17(19)3)27-31(24,29)30/h25,27H,6-15H2,1-5H3,(H,26,28)(H2,24,29,30). The van der Waals surface area contributed by atoms with Crippen molar-refractivity contribution in [2.24, 2.45) is 10.6 Å². The molecular formula is C23H40N4O3S. The van der Waals surface area contributed by atoms with Gasteiger partial charge < -0.3 is 10.6 Å². The van der Waals surface area contributed by atoms with Gasteiger partial charge in [0.2, 0.25) is 5.91 Å². The van der Waals surface area contributed by atoms with E-state index in [1.165, 1.54) is 32.1 Å². The van der Waals surface area contributed by atoms with Crippen LogP contribution < -0.4 is 20.5 Å². The zero-order chi connectivity index (χ0) is 23.2. The number of nitrogens with one attached hydrogen (secondary N) is 3. The topological polar surface area (TPSA) is 113 Å². The molecule has 1 heterocycles. The van der Waals surface area contributed by atoms with Gasteiger partial charge in [0.1, 0.15) is 0 Å². The molecular weight excluding hydrogens is 412 g/mol. The van der Waals surface area contributed by atoms with Crippen LogP contribution in [0.5, 0.6) is 0 Å². The number of amides is 1. The van der Waals surface area contributed by atoms with Crippen molar-refractivity contribution < 1.29 is 13.2 Å². The second-order valence-corrected chi connectivity index (χ2v) is 10.7. The van der Waals surface area contributed by atoms with Gasteiger partial charge in [-0.1, -0.05) is 65.7 Å². The van der Waals surface area contributed by atoms with Gasteiger partial charge >= 0.3 is 0 Å². The molecule has 1 aromatic rings. The van der Waals surface area contributed by atoms with Crippen LogP contribution >= 0.6 is 0 Å². The summed E-state index contributed by atoms with van der Waals surface area (Å²) >= 11 is 0. The molecule has 2 rings (SSSR count). The highest BCUT2D eigenvalue weighted by molar-refractivity contribution is 7.90. The van der Waals surface area contributed by atoms with Gasteiger partial charge in [0.15, 0.2) is 0 Å². The molecule has 5 N–H and O–H groups in total. The van der Waals surface area contributed by atoms with Crippen molar-refractivity contribution in [3.63, 3.8) is 0 Å². The third kappa shape index (κ3) is 6.84. The smallest absolute Gasteiger partial charge is 0.296 e. The molecule has 0 aromatic heterocycles. The molecule has 8 heteroatoms. The third-order valence-electron chi connectivity index (χ3n) is 6.31. The predicted octanol–water partition coefficient (Wildman–Crippen LogP) is 4.99. The highest BCUT2D eigenvalue weighted by Gasteiger charge is 2.30. The highest BCUT2D eigenvalue weighted by Crippen LogP contribution is 2.42. The molecule has 0 radical (unpaired) electrons. The quantitative estimate of drug-likeness (QED) is 0.334. The molecule has 0 bridgehead atoms. The first-order chi connectivity index (χ1) is 14.5. The van der Waals surface area contributed by atoms with Crippen LogP contribution in [0.25, 0.3) is 0 Å². The molecule has 0 spiro atoms. The van der Waals surface area contributed by atoms with Gasteiger partial charge in [0.25, 0.3) is 10.2 Å². The maximum atomic E-state index is 13.2. The fraction of sp³-hybridized carbons (Fsp3) is 0.696. The lowest BCUT2D eigenvalue weighted by molar-refractivity contribution is -0.124. The molecule has 0 saturated heterocycles. The molecule has 7 nitrogen and oxygen atoms in total. The first-order valence-corrected chi connectivity index (χ1v) is 13.0. The minimum atomic E-state index is -3.93. The summed E-state index contributed by atoms with van der Waals surface area (Å²) in [5, 5.41) is 11.6. The molecule has 0 aliphatic carbocycles. The largest absolute Gasteiger partial charge is 0.383 e. The first kappa shape index (κ1) is 25.5. The SMILES string of the molecule is CCCCCCCCCC(C)(C)C(=O)Nc1c(C)c2c(c(NS(N)(=O)=O)c1C)NCC2. The molecule has 176 valence electrons. The van der Waals surface area contributed by atoms with Crippen LogP contribution in [0, 0.1) is 19.3 Å². The lowest BCUT2D eigenvalue weighted by atomic mass is 9.85. The summed E-state index contributed by atoms with van der Waals surface area (Å²) < 4.78 is 25.9. The number of hydrogen-bond acceptors (Lipinski definition) is 4. The summed E-state index contributed by atoms with van der Waals surface area (Å²) in [6, 6.07) is 0. The van der Waals surface area contributed by atoms with E-state index in [2.05, 4.69) is 22.3 Å². The number of nitrogens with two attached hydrogens (primary N) is 1. The Balaban J connectivity index is 2.12. The van der Waals surface area contributed by atoms with E-state index in [9.17, 15) is 13.2 Å². The third-order valence-corrected chi connectivity index (χ3v) is 6.80. The Morgan fingerprint density at radius 3 is 2.26 bits per heavy atom. The molecule has 31 heavy (non-hydrogen) atoms. The second kappa shape index (κ2) is 10.7. The van der Waals surface area contributed by atoms with E-state index in [4.69, 9.17) is 5.14 Å². The lowest BCUT2D eigenvalue weighted by Gasteiger charge is -2.26. The van der Waals surface area contributed by atoms with Crippen LogP contribution in [-0.2, 0) is 21.4 Å². The first-order valence-electron chi connectivity index (χ1n) is 11.5. The summed E-state index contributed by atoms with van der Waals surface area (Å²) in [6.45, 7) is 10.7. The highest BCUT2D eigenvalue weighted by atomic mass is 32.2. The zero-order valence-electron chi connectivity index (χ0n) is 19.8. The van der Waals surface area contributed by atoms with Crippen LogP contribution in [0.1, 0.15) is 88.8 Å². The number of anilines is 3.